The number of nitrogens with zero attached hydrogens (tertiary/aromatic N) is 5. The van der Waals surface area contributed by atoms with E-state index in [4.69, 9.17) is 9.47 Å². The van der Waals surface area contributed by atoms with Gasteiger partial charge in [-0.1, -0.05) is 24.3 Å². The van der Waals surface area contributed by atoms with Gasteiger partial charge < -0.3 is 9.47 Å². The molecule has 0 aliphatic rings. The summed E-state index contributed by atoms with van der Waals surface area (Å²) < 4.78 is 14.0. The van der Waals surface area contributed by atoms with E-state index in [1.807, 2.05) is 50.2 Å². The molecule has 0 aliphatic heterocycles. The Hall–Kier alpha value is -4.38. The highest BCUT2D eigenvalue weighted by atomic mass is 16.5. The minimum Gasteiger partial charge on any atom is -0.496 e. The molecule has 0 bridgehead atoms. The molecule has 0 amide bonds. The number of methoxy groups -OCH3 is 1. The number of hydrogen-bond acceptors (Lipinski definition) is 6. The van der Waals surface area contributed by atoms with Crippen molar-refractivity contribution in [3.05, 3.63) is 87.3 Å². The van der Waals surface area contributed by atoms with Crippen molar-refractivity contribution < 1.29 is 9.47 Å². The molecule has 0 radical (unpaired) electrons. The largest absolute Gasteiger partial charge is 0.496 e. The van der Waals surface area contributed by atoms with Crippen LogP contribution in [0, 0.1) is 25.2 Å². The number of rotatable bonds is 6. The van der Waals surface area contributed by atoms with E-state index in [9.17, 15) is 10.1 Å². The van der Waals surface area contributed by atoms with Gasteiger partial charge in [0.1, 0.15) is 18.1 Å². The van der Waals surface area contributed by atoms with Crippen LogP contribution in [0.1, 0.15) is 22.3 Å². The Labute approximate surface area is 191 Å². The number of ether oxygens (including phenoxy) is 2. The summed E-state index contributed by atoms with van der Waals surface area (Å²) in [6, 6.07) is 19.3. The molecular formula is C25H23N5O3. The summed E-state index contributed by atoms with van der Waals surface area (Å²) >= 11 is 0. The molecule has 33 heavy (non-hydrogen) atoms. The summed E-state index contributed by atoms with van der Waals surface area (Å²) in [6.07, 6.45) is 0. The van der Waals surface area contributed by atoms with Crippen LogP contribution in [0.5, 0.6) is 11.5 Å². The van der Waals surface area contributed by atoms with Gasteiger partial charge in [0.15, 0.2) is 0 Å². The van der Waals surface area contributed by atoms with Crippen molar-refractivity contribution in [2.24, 2.45) is 7.05 Å². The lowest BCUT2D eigenvalue weighted by molar-refractivity contribution is 0.294. The summed E-state index contributed by atoms with van der Waals surface area (Å²) in [4.78, 5) is 12.4. The zero-order valence-corrected chi connectivity index (χ0v) is 18.9. The minimum atomic E-state index is -0.364. The molecule has 166 valence electrons. The summed E-state index contributed by atoms with van der Waals surface area (Å²) in [7, 11) is 3.11. The van der Waals surface area contributed by atoms with Crippen molar-refractivity contribution in [2.45, 2.75) is 20.5 Å². The molecule has 3 aromatic carbocycles. The average Bonchev–Trinajstić information content (AvgIpc) is 3.15. The average molecular weight is 441 g/mol. The Balaban J connectivity index is 1.65. The predicted octanol–water partition coefficient (Wildman–Crippen LogP) is 3.71. The monoisotopic (exact) mass is 441 g/mol. The van der Waals surface area contributed by atoms with Crippen LogP contribution in [0.4, 0.5) is 0 Å². The van der Waals surface area contributed by atoms with E-state index in [1.165, 1.54) is 4.68 Å². The summed E-state index contributed by atoms with van der Waals surface area (Å²) in [5.74, 6) is 1.27. The third-order valence-electron chi connectivity index (χ3n) is 5.43. The lowest BCUT2D eigenvalue weighted by atomic mass is 9.97. The molecule has 1 aromatic heterocycles. The first-order valence-corrected chi connectivity index (χ1v) is 10.3. The molecule has 0 unspecified atom stereocenters. The number of aromatic nitrogens is 4. The second-order valence-electron chi connectivity index (χ2n) is 7.68. The highest BCUT2D eigenvalue weighted by Gasteiger charge is 2.16. The lowest BCUT2D eigenvalue weighted by Gasteiger charge is -2.16. The number of nitriles is 1. The molecule has 1 heterocycles. The van der Waals surface area contributed by atoms with Crippen LogP contribution in [0.3, 0.4) is 0 Å². The molecule has 4 rings (SSSR count). The van der Waals surface area contributed by atoms with E-state index in [-0.39, 0.29) is 12.3 Å². The highest BCUT2D eigenvalue weighted by Crippen LogP contribution is 2.31. The van der Waals surface area contributed by atoms with E-state index in [2.05, 4.69) is 16.5 Å². The maximum atomic E-state index is 12.4. The molecule has 0 atom stereocenters. The number of hydrogen-bond donors (Lipinski definition) is 0. The second-order valence-corrected chi connectivity index (χ2v) is 7.68. The SMILES string of the molecule is COc1cccc(-n2nnn(C)c2=O)c1COc1ccc(-c2ccc(C)cc2C#N)cc1C. The lowest BCUT2D eigenvalue weighted by Crippen LogP contribution is -2.23. The fourth-order valence-corrected chi connectivity index (χ4v) is 3.68. The van der Waals surface area contributed by atoms with Gasteiger partial charge >= 0.3 is 5.69 Å². The molecule has 0 saturated heterocycles. The topological polar surface area (TPSA) is 95.0 Å². The fourth-order valence-electron chi connectivity index (χ4n) is 3.68. The Kier molecular flexibility index (Phi) is 5.96. The van der Waals surface area contributed by atoms with Crippen LogP contribution in [0.25, 0.3) is 16.8 Å². The Morgan fingerprint density at radius 1 is 1.03 bits per heavy atom. The van der Waals surface area contributed by atoms with Gasteiger partial charge in [0.25, 0.3) is 0 Å². The van der Waals surface area contributed by atoms with Gasteiger partial charge in [-0.05, 0) is 76.9 Å². The normalized spacial score (nSPS) is 10.6. The first-order chi connectivity index (χ1) is 15.9. The van der Waals surface area contributed by atoms with Crippen molar-refractivity contribution in [2.75, 3.05) is 7.11 Å². The Bertz CT molecular complexity index is 1430. The number of benzene rings is 3. The fraction of sp³-hybridized carbons (Fsp3) is 0.200. The number of aryl methyl sites for hydroxylation is 3. The maximum absolute atomic E-state index is 12.4. The van der Waals surface area contributed by atoms with Crippen LogP contribution in [-0.2, 0) is 13.7 Å². The Morgan fingerprint density at radius 2 is 1.85 bits per heavy atom. The zero-order valence-electron chi connectivity index (χ0n) is 18.9. The first kappa shape index (κ1) is 21.8. The van der Waals surface area contributed by atoms with Crippen LogP contribution in [0.2, 0.25) is 0 Å². The smallest absolute Gasteiger partial charge is 0.368 e. The van der Waals surface area contributed by atoms with E-state index >= 15 is 0 Å². The van der Waals surface area contributed by atoms with Crippen molar-refractivity contribution in [1.82, 2.24) is 19.8 Å². The molecule has 0 N–H and O–H groups in total. The van der Waals surface area contributed by atoms with Gasteiger partial charge in [-0.25, -0.2) is 4.79 Å². The first-order valence-electron chi connectivity index (χ1n) is 10.3. The standard InChI is InChI=1S/C25H23N5O3/c1-16-8-10-20(19(12-16)14-26)18-9-11-23(17(2)13-18)33-15-21-22(6-5-7-24(21)32-4)30-25(31)29(3)27-28-30/h5-13H,15H2,1-4H3. The third kappa shape index (κ3) is 4.21. The minimum absolute atomic E-state index is 0.163. The van der Waals surface area contributed by atoms with Gasteiger partial charge in [0, 0.05) is 7.05 Å². The highest BCUT2D eigenvalue weighted by molar-refractivity contribution is 5.72. The summed E-state index contributed by atoms with van der Waals surface area (Å²) in [5.41, 5.74) is 5.28. The third-order valence-corrected chi connectivity index (χ3v) is 5.43. The molecule has 8 nitrogen and oxygen atoms in total. The van der Waals surface area contributed by atoms with E-state index in [0.29, 0.717) is 28.3 Å². The number of tetrazole rings is 1. The second kappa shape index (κ2) is 9.01. The summed E-state index contributed by atoms with van der Waals surface area (Å²) in [6.45, 7) is 4.08. The van der Waals surface area contributed by atoms with Crippen molar-refractivity contribution >= 4 is 0 Å². The van der Waals surface area contributed by atoms with E-state index in [0.717, 1.165) is 26.9 Å². The van der Waals surface area contributed by atoms with Crippen LogP contribution in [0.15, 0.2) is 59.4 Å². The molecule has 0 fully saturated rings. The van der Waals surface area contributed by atoms with Crippen molar-refractivity contribution in [3.63, 3.8) is 0 Å². The van der Waals surface area contributed by atoms with E-state index < -0.39 is 0 Å². The quantitative estimate of drug-likeness (QED) is 0.453. The predicted molar refractivity (Wildman–Crippen MR) is 124 cm³/mol. The summed E-state index contributed by atoms with van der Waals surface area (Å²) in [5, 5.41) is 17.2. The maximum Gasteiger partial charge on any atom is 0.368 e. The molecule has 0 saturated carbocycles. The van der Waals surface area contributed by atoms with Crippen LogP contribution < -0.4 is 15.2 Å². The molecule has 0 aliphatic carbocycles. The molecule has 0 spiro atoms. The van der Waals surface area contributed by atoms with Gasteiger partial charge in [0.2, 0.25) is 0 Å². The van der Waals surface area contributed by atoms with Crippen molar-refractivity contribution in [1.29, 1.82) is 5.26 Å². The zero-order chi connectivity index (χ0) is 23.5. The molecular weight excluding hydrogens is 418 g/mol. The van der Waals surface area contributed by atoms with Gasteiger partial charge in [-0.15, -0.1) is 0 Å². The molecule has 8 heteroatoms. The van der Waals surface area contributed by atoms with E-state index in [1.54, 1.807) is 32.4 Å². The molecule has 4 aromatic rings. The van der Waals surface area contributed by atoms with Gasteiger partial charge in [-0.3, -0.25) is 0 Å². The van der Waals surface area contributed by atoms with Crippen LogP contribution in [-0.4, -0.2) is 26.9 Å². The van der Waals surface area contributed by atoms with Gasteiger partial charge in [0.05, 0.1) is 30.0 Å². The van der Waals surface area contributed by atoms with Crippen LogP contribution >= 0.6 is 0 Å². The van der Waals surface area contributed by atoms with Crippen molar-refractivity contribution in [3.8, 4) is 34.4 Å². The Morgan fingerprint density at radius 3 is 2.52 bits per heavy atom. The van der Waals surface area contributed by atoms with Gasteiger partial charge in [-0.2, -0.15) is 14.6 Å².